The number of hydrogen-bond donors (Lipinski definition) is 3. The van der Waals surface area contributed by atoms with Gasteiger partial charge >= 0.3 is 0 Å². The molecule has 0 amide bonds. The minimum atomic E-state index is -0.716. The van der Waals surface area contributed by atoms with Gasteiger partial charge in [0, 0.05) is 6.42 Å². The number of oxime groups is 1. The largest absolute Gasteiger partial charge is 0.409 e. The van der Waals surface area contributed by atoms with Crippen LogP contribution < -0.4 is 5.73 Å². The number of hydrogen-bond acceptors (Lipinski definition) is 3. The third kappa shape index (κ3) is 2.74. The van der Waals surface area contributed by atoms with E-state index in [0.717, 1.165) is 11.1 Å². The smallest absolute Gasteiger partial charge is 0.142 e. The van der Waals surface area contributed by atoms with Crippen molar-refractivity contribution in [3.05, 3.63) is 35.4 Å². The Bertz CT molecular complexity index is 319. The zero-order valence-electron chi connectivity index (χ0n) is 8.01. The van der Waals surface area contributed by atoms with Crippen LogP contribution in [0.15, 0.2) is 29.4 Å². The predicted octanol–water partition coefficient (Wildman–Crippen LogP) is 1.16. The summed E-state index contributed by atoms with van der Waals surface area (Å²) in [6, 6.07) is 7.46. The summed E-state index contributed by atoms with van der Waals surface area (Å²) in [4.78, 5) is 0. The Morgan fingerprint density at radius 2 is 2.00 bits per heavy atom. The molecule has 4 nitrogen and oxygen atoms in total. The first-order valence-corrected chi connectivity index (χ1v) is 4.34. The molecule has 0 saturated heterocycles. The second kappa shape index (κ2) is 4.62. The van der Waals surface area contributed by atoms with Gasteiger partial charge in [-0.2, -0.15) is 0 Å². The fourth-order valence-corrected chi connectivity index (χ4v) is 1.15. The van der Waals surface area contributed by atoms with Crippen LogP contribution >= 0.6 is 0 Å². The summed E-state index contributed by atoms with van der Waals surface area (Å²) < 4.78 is 0. The molecule has 1 aromatic rings. The van der Waals surface area contributed by atoms with Gasteiger partial charge < -0.3 is 16.0 Å². The SMILES string of the molecule is Cc1ccc([C@@H](O)C/C(N)=N/O)cc1. The minimum Gasteiger partial charge on any atom is -0.409 e. The van der Waals surface area contributed by atoms with Gasteiger partial charge in [-0.1, -0.05) is 35.0 Å². The van der Waals surface area contributed by atoms with Crippen molar-refractivity contribution in [1.82, 2.24) is 0 Å². The number of amidine groups is 1. The Hall–Kier alpha value is -1.55. The van der Waals surface area contributed by atoms with Crippen molar-refractivity contribution in [3.8, 4) is 0 Å². The number of aliphatic hydroxyl groups is 1. The Balaban J connectivity index is 2.70. The molecule has 0 radical (unpaired) electrons. The molecule has 0 aliphatic heterocycles. The summed E-state index contributed by atoms with van der Waals surface area (Å²) in [6.45, 7) is 1.97. The molecule has 76 valence electrons. The van der Waals surface area contributed by atoms with Gasteiger partial charge in [0.15, 0.2) is 0 Å². The van der Waals surface area contributed by atoms with Crippen LogP contribution in [0.25, 0.3) is 0 Å². The summed E-state index contributed by atoms with van der Waals surface area (Å²) >= 11 is 0. The van der Waals surface area contributed by atoms with Crippen LogP contribution in [-0.2, 0) is 0 Å². The Labute approximate surface area is 82.7 Å². The van der Waals surface area contributed by atoms with Crippen molar-refractivity contribution in [2.75, 3.05) is 0 Å². The predicted molar refractivity (Wildman–Crippen MR) is 54.2 cm³/mol. The Morgan fingerprint density at radius 3 is 2.50 bits per heavy atom. The number of aliphatic hydroxyl groups excluding tert-OH is 1. The summed E-state index contributed by atoms with van der Waals surface area (Å²) in [5.41, 5.74) is 7.18. The van der Waals surface area contributed by atoms with Crippen LogP contribution in [0.3, 0.4) is 0 Å². The molecule has 1 rings (SSSR count). The van der Waals surface area contributed by atoms with Gasteiger partial charge in [-0.15, -0.1) is 0 Å². The molecule has 0 spiro atoms. The van der Waals surface area contributed by atoms with Gasteiger partial charge in [0.05, 0.1) is 6.10 Å². The van der Waals surface area contributed by atoms with Crippen molar-refractivity contribution in [2.45, 2.75) is 19.4 Å². The average Bonchev–Trinajstić information content (AvgIpc) is 2.18. The van der Waals surface area contributed by atoms with E-state index < -0.39 is 6.10 Å². The summed E-state index contributed by atoms with van der Waals surface area (Å²) in [5, 5.41) is 20.8. The van der Waals surface area contributed by atoms with Crippen molar-refractivity contribution >= 4 is 5.84 Å². The topological polar surface area (TPSA) is 78.8 Å². The highest BCUT2D eigenvalue weighted by Gasteiger charge is 2.09. The van der Waals surface area contributed by atoms with Gasteiger partial charge in [-0.05, 0) is 12.5 Å². The Morgan fingerprint density at radius 1 is 1.43 bits per heavy atom. The van der Waals surface area contributed by atoms with Gasteiger partial charge in [0.1, 0.15) is 5.84 Å². The molecule has 14 heavy (non-hydrogen) atoms. The lowest BCUT2D eigenvalue weighted by Gasteiger charge is -2.09. The molecule has 0 heterocycles. The minimum absolute atomic E-state index is 0.0260. The van der Waals surface area contributed by atoms with Crippen LogP contribution in [0, 0.1) is 6.92 Å². The van der Waals surface area contributed by atoms with E-state index in [4.69, 9.17) is 10.9 Å². The first-order valence-electron chi connectivity index (χ1n) is 4.34. The van der Waals surface area contributed by atoms with Crippen molar-refractivity contribution in [1.29, 1.82) is 0 Å². The lowest BCUT2D eigenvalue weighted by molar-refractivity contribution is 0.184. The second-order valence-corrected chi connectivity index (χ2v) is 3.22. The third-order valence-corrected chi connectivity index (χ3v) is 1.99. The highest BCUT2D eigenvalue weighted by Crippen LogP contribution is 2.16. The van der Waals surface area contributed by atoms with Crippen molar-refractivity contribution in [3.63, 3.8) is 0 Å². The van der Waals surface area contributed by atoms with Crippen LogP contribution in [0.1, 0.15) is 23.7 Å². The molecule has 0 saturated carbocycles. The van der Waals surface area contributed by atoms with E-state index in [-0.39, 0.29) is 12.3 Å². The van der Waals surface area contributed by atoms with E-state index in [1.165, 1.54) is 0 Å². The zero-order chi connectivity index (χ0) is 10.6. The van der Waals surface area contributed by atoms with Crippen molar-refractivity contribution < 1.29 is 10.3 Å². The first-order chi connectivity index (χ1) is 6.63. The Kier molecular flexibility index (Phi) is 3.48. The van der Waals surface area contributed by atoms with E-state index in [0.29, 0.717) is 0 Å². The number of nitrogens with two attached hydrogens (primary N) is 1. The quantitative estimate of drug-likeness (QED) is 0.292. The summed E-state index contributed by atoms with van der Waals surface area (Å²) in [5.74, 6) is 0.0260. The fourth-order valence-electron chi connectivity index (χ4n) is 1.15. The number of benzene rings is 1. The molecule has 1 aromatic carbocycles. The van der Waals surface area contributed by atoms with Gasteiger partial charge in [0.25, 0.3) is 0 Å². The number of nitrogens with zero attached hydrogens (tertiary/aromatic N) is 1. The van der Waals surface area contributed by atoms with Crippen molar-refractivity contribution in [2.24, 2.45) is 10.9 Å². The lowest BCUT2D eigenvalue weighted by atomic mass is 10.0. The van der Waals surface area contributed by atoms with Crippen LogP contribution in [0.4, 0.5) is 0 Å². The van der Waals surface area contributed by atoms with E-state index >= 15 is 0 Å². The number of rotatable bonds is 3. The van der Waals surface area contributed by atoms with Crippen LogP contribution in [-0.4, -0.2) is 16.1 Å². The second-order valence-electron chi connectivity index (χ2n) is 3.22. The molecule has 4 heteroatoms. The van der Waals surface area contributed by atoms with E-state index in [9.17, 15) is 5.11 Å². The monoisotopic (exact) mass is 194 g/mol. The molecule has 0 aliphatic rings. The lowest BCUT2D eigenvalue weighted by Crippen LogP contribution is -2.15. The summed E-state index contributed by atoms with van der Waals surface area (Å²) in [6.07, 6.45) is -0.578. The summed E-state index contributed by atoms with van der Waals surface area (Å²) in [7, 11) is 0. The highest BCUT2D eigenvalue weighted by atomic mass is 16.4. The van der Waals surface area contributed by atoms with Gasteiger partial charge in [0.2, 0.25) is 0 Å². The molecule has 1 atom stereocenters. The maximum Gasteiger partial charge on any atom is 0.142 e. The van der Waals surface area contributed by atoms with E-state index in [1.54, 1.807) is 0 Å². The van der Waals surface area contributed by atoms with Gasteiger partial charge in [-0.3, -0.25) is 0 Å². The molecular formula is C10H14N2O2. The average molecular weight is 194 g/mol. The molecular weight excluding hydrogens is 180 g/mol. The third-order valence-electron chi connectivity index (χ3n) is 1.99. The highest BCUT2D eigenvalue weighted by molar-refractivity contribution is 5.80. The number of aryl methyl sites for hydroxylation is 1. The molecule has 4 N–H and O–H groups in total. The van der Waals surface area contributed by atoms with Crippen LogP contribution in [0.5, 0.6) is 0 Å². The maximum absolute atomic E-state index is 9.64. The van der Waals surface area contributed by atoms with E-state index in [1.807, 2.05) is 31.2 Å². The van der Waals surface area contributed by atoms with Crippen LogP contribution in [0.2, 0.25) is 0 Å². The zero-order valence-corrected chi connectivity index (χ0v) is 8.01. The molecule has 0 fully saturated rings. The standard InChI is InChI=1S/C10H14N2O2/c1-7-2-4-8(5-3-7)9(13)6-10(11)12-14/h2-5,9,13-14H,6H2,1H3,(H2,11,12)/t9-/m0/s1. The molecule has 0 unspecified atom stereocenters. The normalized spacial score (nSPS) is 14.0. The molecule has 0 aliphatic carbocycles. The first kappa shape index (κ1) is 10.5. The molecule has 0 bridgehead atoms. The maximum atomic E-state index is 9.64. The van der Waals surface area contributed by atoms with Gasteiger partial charge in [-0.25, -0.2) is 0 Å². The fraction of sp³-hybridized carbons (Fsp3) is 0.300. The van der Waals surface area contributed by atoms with E-state index in [2.05, 4.69) is 5.16 Å². The molecule has 0 aromatic heterocycles.